The molecule has 1 heterocycles. The van der Waals surface area contributed by atoms with Gasteiger partial charge in [-0.2, -0.15) is 5.26 Å². The number of anilines is 1. The maximum atomic E-state index is 12.6. The monoisotopic (exact) mass is 393 g/mol. The first kappa shape index (κ1) is 20.7. The maximum absolute atomic E-state index is 12.6. The molecule has 1 aliphatic rings. The molecule has 2 aromatic carbocycles. The van der Waals surface area contributed by atoms with Gasteiger partial charge in [-0.25, -0.2) is 4.79 Å². The number of amides is 1. The number of fused-ring (bicyclic) bond motifs is 1. The van der Waals surface area contributed by atoms with E-state index in [0.717, 1.165) is 27.9 Å². The Morgan fingerprint density at radius 3 is 2.55 bits per heavy atom. The number of aliphatic hydroxyl groups is 1. The summed E-state index contributed by atoms with van der Waals surface area (Å²) in [4.78, 5) is 14.3. The van der Waals surface area contributed by atoms with Crippen LogP contribution in [0.15, 0.2) is 36.4 Å². The summed E-state index contributed by atoms with van der Waals surface area (Å²) in [6.07, 6.45) is -0.808. The van der Waals surface area contributed by atoms with Gasteiger partial charge in [0.15, 0.2) is 0 Å². The van der Waals surface area contributed by atoms with E-state index < -0.39 is 11.7 Å². The molecule has 2 N–H and O–H groups in total. The van der Waals surface area contributed by atoms with E-state index in [1.807, 2.05) is 45.0 Å². The minimum Gasteiger partial charge on any atom is -0.444 e. The predicted octanol–water partition coefficient (Wildman–Crippen LogP) is 4.27. The summed E-state index contributed by atoms with van der Waals surface area (Å²) in [7, 11) is 0. The van der Waals surface area contributed by atoms with Crippen molar-refractivity contribution in [3.63, 3.8) is 0 Å². The number of nitrogens with zero attached hydrogens (tertiary/aromatic N) is 2. The zero-order chi connectivity index (χ0) is 21.2. The highest BCUT2D eigenvalue weighted by atomic mass is 16.6. The highest BCUT2D eigenvalue weighted by molar-refractivity contribution is 5.77. The van der Waals surface area contributed by atoms with Crippen LogP contribution in [0.3, 0.4) is 0 Å². The second-order valence-electron chi connectivity index (χ2n) is 8.42. The van der Waals surface area contributed by atoms with Gasteiger partial charge in [-0.05, 0) is 74.2 Å². The molecular formula is C23H27N3O3. The highest BCUT2D eigenvalue weighted by Gasteiger charge is 2.30. The van der Waals surface area contributed by atoms with E-state index in [0.29, 0.717) is 25.2 Å². The van der Waals surface area contributed by atoms with Crippen molar-refractivity contribution in [1.82, 2.24) is 4.90 Å². The number of hydrogen-bond acceptors (Lipinski definition) is 5. The lowest BCUT2D eigenvalue weighted by Gasteiger charge is -2.24. The molecule has 0 bridgehead atoms. The quantitative estimate of drug-likeness (QED) is 0.810. The topological polar surface area (TPSA) is 85.6 Å². The molecule has 1 amide bonds. The number of benzene rings is 2. The first-order chi connectivity index (χ1) is 13.7. The Morgan fingerprint density at radius 2 is 1.97 bits per heavy atom. The molecular weight excluding hydrogens is 366 g/mol. The van der Waals surface area contributed by atoms with Crippen LogP contribution in [0.1, 0.15) is 44.4 Å². The summed E-state index contributed by atoms with van der Waals surface area (Å²) < 4.78 is 5.54. The maximum Gasteiger partial charge on any atom is 0.410 e. The summed E-state index contributed by atoms with van der Waals surface area (Å²) in [5.41, 5.74) is 5.04. The fourth-order valence-corrected chi connectivity index (χ4v) is 3.32. The summed E-state index contributed by atoms with van der Waals surface area (Å²) in [6, 6.07) is 13.6. The van der Waals surface area contributed by atoms with Gasteiger partial charge in [-0.1, -0.05) is 12.1 Å². The third-order valence-corrected chi connectivity index (χ3v) is 4.63. The second-order valence-corrected chi connectivity index (χ2v) is 8.42. The van der Waals surface area contributed by atoms with Crippen LogP contribution >= 0.6 is 0 Å². The average Bonchev–Trinajstić information content (AvgIpc) is 3.09. The van der Waals surface area contributed by atoms with Crippen molar-refractivity contribution in [2.45, 2.75) is 52.5 Å². The molecule has 2 aromatic rings. The van der Waals surface area contributed by atoms with Gasteiger partial charge < -0.3 is 15.2 Å². The molecule has 152 valence electrons. The summed E-state index contributed by atoms with van der Waals surface area (Å²) in [5.74, 6) is 0. The Hall–Kier alpha value is -3.04. The molecule has 1 unspecified atom stereocenters. The molecule has 1 atom stereocenters. The van der Waals surface area contributed by atoms with Crippen molar-refractivity contribution >= 4 is 11.8 Å². The summed E-state index contributed by atoms with van der Waals surface area (Å²) >= 11 is 0. The van der Waals surface area contributed by atoms with E-state index in [-0.39, 0.29) is 6.09 Å². The molecule has 0 spiro atoms. The number of nitriles is 1. The molecule has 6 nitrogen and oxygen atoms in total. The van der Waals surface area contributed by atoms with Crippen LogP contribution in [0.25, 0.3) is 11.1 Å². The van der Waals surface area contributed by atoms with Crippen LogP contribution in [0.2, 0.25) is 0 Å². The number of rotatable bonds is 4. The third-order valence-electron chi connectivity index (χ3n) is 4.63. The van der Waals surface area contributed by atoms with Gasteiger partial charge in [-0.3, -0.25) is 4.90 Å². The lowest BCUT2D eigenvalue weighted by molar-refractivity contribution is 0.0242. The number of nitrogens with one attached hydrogen (secondary N) is 1. The molecule has 6 heteroatoms. The van der Waals surface area contributed by atoms with Gasteiger partial charge >= 0.3 is 6.09 Å². The van der Waals surface area contributed by atoms with E-state index in [1.54, 1.807) is 24.0 Å². The van der Waals surface area contributed by atoms with Gasteiger partial charge in [0.1, 0.15) is 5.60 Å². The van der Waals surface area contributed by atoms with E-state index in [2.05, 4.69) is 11.4 Å². The van der Waals surface area contributed by atoms with E-state index >= 15 is 0 Å². The molecule has 0 aliphatic carbocycles. The van der Waals surface area contributed by atoms with Crippen LogP contribution in [0, 0.1) is 11.3 Å². The predicted molar refractivity (Wildman–Crippen MR) is 112 cm³/mol. The van der Waals surface area contributed by atoms with Gasteiger partial charge in [0.05, 0.1) is 24.3 Å². The minimum absolute atomic E-state index is 0.335. The molecule has 0 radical (unpaired) electrons. The van der Waals surface area contributed by atoms with Gasteiger partial charge in [0, 0.05) is 18.8 Å². The molecule has 0 saturated heterocycles. The number of carbonyl (C=O) groups is 1. The van der Waals surface area contributed by atoms with Gasteiger partial charge in [0.2, 0.25) is 0 Å². The second kappa shape index (κ2) is 8.14. The lowest BCUT2D eigenvalue weighted by atomic mass is 9.95. The van der Waals surface area contributed by atoms with Crippen molar-refractivity contribution in [3.05, 3.63) is 53.1 Å². The van der Waals surface area contributed by atoms with Crippen molar-refractivity contribution in [3.8, 4) is 17.2 Å². The number of ether oxygens (including phenoxy) is 1. The molecule has 0 fully saturated rings. The number of aliphatic hydroxyl groups excluding tert-OH is 1. The number of hydrogen-bond donors (Lipinski definition) is 2. The van der Waals surface area contributed by atoms with E-state index in [1.165, 1.54) is 0 Å². The van der Waals surface area contributed by atoms with Crippen LogP contribution in [-0.2, 0) is 17.8 Å². The molecule has 3 rings (SSSR count). The average molecular weight is 393 g/mol. The molecule has 29 heavy (non-hydrogen) atoms. The lowest BCUT2D eigenvalue weighted by Crippen LogP contribution is -2.33. The minimum atomic E-state index is -0.550. The van der Waals surface area contributed by atoms with Gasteiger partial charge in [0.25, 0.3) is 0 Å². The van der Waals surface area contributed by atoms with E-state index in [9.17, 15) is 9.90 Å². The van der Waals surface area contributed by atoms with Crippen LogP contribution in [0.5, 0.6) is 0 Å². The van der Waals surface area contributed by atoms with Crippen molar-refractivity contribution in [2.75, 3.05) is 11.9 Å². The molecule has 0 saturated carbocycles. The van der Waals surface area contributed by atoms with Crippen LogP contribution < -0.4 is 5.32 Å². The Kier molecular flexibility index (Phi) is 5.81. The van der Waals surface area contributed by atoms with Gasteiger partial charge in [-0.15, -0.1) is 0 Å². The standard InChI is InChI=1S/C23H27N3O3/c1-15(27)12-25-19-9-18-13-26(22(28)29-23(2,3)4)14-21(18)20(10-19)17-7-5-16(11-24)6-8-17/h5-10,15,25,27H,12-14H2,1-4H3. The van der Waals surface area contributed by atoms with Crippen molar-refractivity contribution < 1.29 is 14.6 Å². The zero-order valence-corrected chi connectivity index (χ0v) is 17.3. The fourth-order valence-electron chi connectivity index (χ4n) is 3.32. The Balaban J connectivity index is 1.96. The van der Waals surface area contributed by atoms with Crippen molar-refractivity contribution in [2.24, 2.45) is 0 Å². The van der Waals surface area contributed by atoms with E-state index in [4.69, 9.17) is 10.00 Å². The highest BCUT2D eigenvalue weighted by Crippen LogP contribution is 2.36. The smallest absolute Gasteiger partial charge is 0.410 e. The molecule has 0 aromatic heterocycles. The first-order valence-electron chi connectivity index (χ1n) is 9.72. The number of carbonyl (C=O) groups excluding carboxylic acids is 1. The summed E-state index contributed by atoms with van der Waals surface area (Å²) in [6.45, 7) is 8.67. The van der Waals surface area contributed by atoms with Crippen LogP contribution in [0.4, 0.5) is 10.5 Å². The largest absolute Gasteiger partial charge is 0.444 e. The Morgan fingerprint density at radius 1 is 1.28 bits per heavy atom. The zero-order valence-electron chi connectivity index (χ0n) is 17.3. The Labute approximate surface area is 171 Å². The fraction of sp³-hybridized carbons (Fsp3) is 0.391. The Bertz CT molecular complexity index is 938. The first-order valence-corrected chi connectivity index (χ1v) is 9.72. The molecule has 1 aliphatic heterocycles. The van der Waals surface area contributed by atoms with Crippen LogP contribution in [-0.4, -0.2) is 34.3 Å². The van der Waals surface area contributed by atoms with Crippen molar-refractivity contribution in [1.29, 1.82) is 5.26 Å². The summed E-state index contributed by atoms with van der Waals surface area (Å²) in [5, 5.41) is 21.9. The third kappa shape index (κ3) is 5.07. The SMILES string of the molecule is CC(O)CNc1cc2c(c(-c3ccc(C#N)cc3)c1)CN(C(=O)OC(C)(C)C)C2. The normalized spacial score (nSPS) is 14.1.